The van der Waals surface area contributed by atoms with Gasteiger partial charge in [-0.2, -0.15) is 0 Å². The summed E-state index contributed by atoms with van der Waals surface area (Å²) in [7, 11) is -2.81. The normalized spacial score (nSPS) is 11.0. The lowest BCUT2D eigenvalue weighted by molar-refractivity contribution is 0.0927. The maximum atomic E-state index is 13.0. The van der Waals surface area contributed by atoms with Crippen molar-refractivity contribution in [3.63, 3.8) is 0 Å². The first kappa shape index (κ1) is 27.4. The number of halogens is 1. The molecule has 3 rings (SSSR count). The molecule has 0 atom stereocenters. The Morgan fingerprint density at radius 1 is 0.892 bits per heavy atom. The first-order valence-corrected chi connectivity index (χ1v) is 12.6. The number of nitrogens with one attached hydrogen (secondary N) is 3. The molecule has 0 fully saturated rings. The van der Waals surface area contributed by atoms with E-state index < -0.39 is 27.7 Å². The van der Waals surface area contributed by atoms with Gasteiger partial charge in [-0.15, -0.1) is 0 Å². The lowest BCUT2D eigenvalue weighted by atomic mass is 10.1. The van der Waals surface area contributed by atoms with Gasteiger partial charge in [-0.25, -0.2) is 17.5 Å². The fourth-order valence-corrected chi connectivity index (χ4v) is 4.16. The van der Waals surface area contributed by atoms with Gasteiger partial charge in [0.1, 0.15) is 11.5 Å². The van der Waals surface area contributed by atoms with E-state index in [0.29, 0.717) is 13.0 Å². The number of methoxy groups -OCH3 is 1. The summed E-state index contributed by atoms with van der Waals surface area (Å²) in [5, 5.41) is 5.25. The van der Waals surface area contributed by atoms with Crippen LogP contribution >= 0.6 is 0 Å². The summed E-state index contributed by atoms with van der Waals surface area (Å²) in [4.78, 5) is 40.6. The van der Waals surface area contributed by atoms with Gasteiger partial charge in [0.15, 0.2) is 0 Å². The summed E-state index contributed by atoms with van der Waals surface area (Å²) in [5.41, 5.74) is 0.885. The molecule has 0 unspecified atom stereocenters. The summed E-state index contributed by atoms with van der Waals surface area (Å²) in [6.07, 6.45) is 1.54. The molecule has 3 N–H and O–H groups in total. The molecule has 3 amide bonds. The SMILES string of the molecule is COCCNC(=O)c1ccc(C(=O)NS(=O)(=O)c2cccc(C(=O)NCCc3ccc(F)cc3)c2)cn1. The molecule has 1 heterocycles. The van der Waals surface area contributed by atoms with Crippen molar-refractivity contribution in [3.05, 3.63) is 95.1 Å². The van der Waals surface area contributed by atoms with E-state index in [9.17, 15) is 27.2 Å². The van der Waals surface area contributed by atoms with Crippen LogP contribution in [0.15, 0.2) is 71.8 Å². The molecular weight excluding hydrogens is 503 g/mol. The molecule has 10 nitrogen and oxygen atoms in total. The molecule has 2 aromatic carbocycles. The maximum Gasteiger partial charge on any atom is 0.269 e. The minimum Gasteiger partial charge on any atom is -0.383 e. The van der Waals surface area contributed by atoms with Crippen LogP contribution in [0.3, 0.4) is 0 Å². The standard InChI is InChI=1S/C25H25FN4O6S/c1-36-14-13-28-25(33)22-10-7-19(16-29-22)24(32)30-37(34,35)21-4-2-3-18(15-21)23(31)27-12-11-17-5-8-20(26)9-6-17/h2-10,15-16H,11-14H2,1H3,(H,27,31)(H,28,33)(H,30,32). The highest BCUT2D eigenvalue weighted by molar-refractivity contribution is 7.90. The summed E-state index contributed by atoms with van der Waals surface area (Å²) >= 11 is 0. The third-order valence-corrected chi connectivity index (χ3v) is 6.42. The van der Waals surface area contributed by atoms with Crippen LogP contribution in [-0.4, -0.2) is 57.9 Å². The molecule has 194 valence electrons. The molecule has 0 aliphatic heterocycles. The van der Waals surface area contributed by atoms with Gasteiger partial charge in [-0.1, -0.05) is 18.2 Å². The van der Waals surface area contributed by atoms with Gasteiger partial charge in [0.2, 0.25) is 0 Å². The first-order chi connectivity index (χ1) is 17.7. The Hall–Kier alpha value is -4.16. The molecule has 0 saturated heterocycles. The van der Waals surface area contributed by atoms with Crippen LogP contribution in [0.25, 0.3) is 0 Å². The van der Waals surface area contributed by atoms with E-state index in [0.717, 1.165) is 17.8 Å². The van der Waals surface area contributed by atoms with Gasteiger partial charge in [0.25, 0.3) is 27.7 Å². The molecule has 0 bridgehead atoms. The van der Waals surface area contributed by atoms with Gasteiger partial charge in [0.05, 0.1) is 17.1 Å². The van der Waals surface area contributed by atoms with E-state index in [1.165, 1.54) is 49.6 Å². The summed E-state index contributed by atoms with van der Waals surface area (Å²) in [6.45, 7) is 0.858. The quantitative estimate of drug-likeness (QED) is 0.321. The van der Waals surface area contributed by atoms with Crippen LogP contribution in [0.5, 0.6) is 0 Å². The van der Waals surface area contributed by atoms with Crippen molar-refractivity contribution >= 4 is 27.7 Å². The van der Waals surface area contributed by atoms with Crippen LogP contribution in [-0.2, 0) is 21.2 Å². The fraction of sp³-hybridized carbons (Fsp3) is 0.200. The van der Waals surface area contributed by atoms with E-state index in [2.05, 4.69) is 15.6 Å². The number of hydrogen-bond donors (Lipinski definition) is 3. The Morgan fingerprint density at radius 2 is 1.62 bits per heavy atom. The molecular formula is C25H25FN4O6S. The zero-order valence-electron chi connectivity index (χ0n) is 19.9. The maximum absolute atomic E-state index is 13.0. The highest BCUT2D eigenvalue weighted by atomic mass is 32.2. The number of pyridine rings is 1. The Labute approximate surface area is 213 Å². The number of nitrogens with zero attached hydrogens (tertiary/aromatic N) is 1. The molecule has 1 aromatic heterocycles. The highest BCUT2D eigenvalue weighted by Gasteiger charge is 2.21. The van der Waals surface area contributed by atoms with Gasteiger partial charge in [-0.3, -0.25) is 19.4 Å². The third-order valence-electron chi connectivity index (χ3n) is 5.10. The van der Waals surface area contributed by atoms with Gasteiger partial charge < -0.3 is 15.4 Å². The zero-order chi connectivity index (χ0) is 26.8. The minimum absolute atomic E-state index is 0.0497. The monoisotopic (exact) mass is 528 g/mol. The number of hydrogen-bond acceptors (Lipinski definition) is 7. The van der Waals surface area contributed by atoms with Crippen molar-refractivity contribution in [2.45, 2.75) is 11.3 Å². The average molecular weight is 529 g/mol. The molecule has 0 saturated carbocycles. The second-order valence-corrected chi connectivity index (χ2v) is 9.46. The number of sulfonamides is 1. The zero-order valence-corrected chi connectivity index (χ0v) is 20.7. The van der Waals surface area contributed by atoms with E-state index >= 15 is 0 Å². The number of carbonyl (C=O) groups excluding carboxylic acids is 3. The van der Waals surface area contributed by atoms with Crippen LogP contribution in [0, 0.1) is 5.82 Å². The smallest absolute Gasteiger partial charge is 0.269 e. The van der Waals surface area contributed by atoms with E-state index in [-0.39, 0.29) is 40.6 Å². The Bertz CT molecular complexity index is 1360. The second kappa shape index (κ2) is 12.7. The molecule has 0 radical (unpaired) electrons. The van der Waals surface area contributed by atoms with Crippen molar-refractivity contribution in [1.29, 1.82) is 0 Å². The average Bonchev–Trinajstić information content (AvgIpc) is 2.89. The van der Waals surface area contributed by atoms with E-state index in [1.54, 1.807) is 12.1 Å². The van der Waals surface area contributed by atoms with E-state index in [4.69, 9.17) is 4.74 Å². The molecule has 0 spiro atoms. The van der Waals surface area contributed by atoms with Crippen LogP contribution < -0.4 is 15.4 Å². The lowest BCUT2D eigenvalue weighted by Gasteiger charge is -2.10. The van der Waals surface area contributed by atoms with Crippen molar-refractivity contribution < 1.29 is 31.9 Å². The predicted octanol–water partition coefficient (Wildman–Crippen LogP) is 1.69. The van der Waals surface area contributed by atoms with Crippen LogP contribution in [0.2, 0.25) is 0 Å². The molecule has 0 aliphatic carbocycles. The number of benzene rings is 2. The lowest BCUT2D eigenvalue weighted by Crippen LogP contribution is -2.31. The van der Waals surface area contributed by atoms with E-state index in [1.807, 2.05) is 4.72 Å². The summed E-state index contributed by atoms with van der Waals surface area (Å²) < 4.78 is 45.3. The molecule has 0 aliphatic rings. The number of aromatic nitrogens is 1. The van der Waals surface area contributed by atoms with Crippen molar-refractivity contribution in [2.75, 3.05) is 26.8 Å². The molecule has 12 heteroatoms. The minimum atomic E-state index is -4.31. The number of rotatable bonds is 11. The topological polar surface area (TPSA) is 144 Å². The van der Waals surface area contributed by atoms with Crippen molar-refractivity contribution in [1.82, 2.24) is 20.3 Å². The Balaban J connectivity index is 1.60. The van der Waals surface area contributed by atoms with Crippen molar-refractivity contribution in [2.24, 2.45) is 0 Å². The number of carbonyl (C=O) groups is 3. The Kier molecular flexibility index (Phi) is 9.41. The third kappa shape index (κ3) is 7.92. The van der Waals surface area contributed by atoms with Gasteiger partial charge >= 0.3 is 0 Å². The van der Waals surface area contributed by atoms with Gasteiger partial charge in [-0.05, 0) is 54.4 Å². The van der Waals surface area contributed by atoms with Crippen molar-refractivity contribution in [3.8, 4) is 0 Å². The number of amides is 3. The predicted molar refractivity (Wildman–Crippen MR) is 132 cm³/mol. The van der Waals surface area contributed by atoms with Gasteiger partial charge in [0, 0.05) is 32.0 Å². The van der Waals surface area contributed by atoms with Crippen LogP contribution in [0.4, 0.5) is 4.39 Å². The first-order valence-electron chi connectivity index (χ1n) is 11.1. The molecule has 3 aromatic rings. The highest BCUT2D eigenvalue weighted by Crippen LogP contribution is 2.13. The summed E-state index contributed by atoms with van der Waals surface area (Å²) in [5.74, 6) is -2.28. The molecule has 37 heavy (non-hydrogen) atoms. The second-order valence-electron chi connectivity index (χ2n) is 7.78. The summed E-state index contributed by atoms with van der Waals surface area (Å²) in [6, 6.07) is 13.6. The van der Waals surface area contributed by atoms with Crippen LogP contribution in [0.1, 0.15) is 36.8 Å². The largest absolute Gasteiger partial charge is 0.383 e. The Morgan fingerprint density at radius 3 is 2.30 bits per heavy atom. The number of ether oxygens (including phenoxy) is 1. The fourth-order valence-electron chi connectivity index (χ4n) is 3.14.